The van der Waals surface area contributed by atoms with Crippen LogP contribution < -0.4 is 0 Å². The number of carbonyl (C=O) groups is 1. The number of aliphatic hydroxyl groups is 1. The van der Waals surface area contributed by atoms with Gasteiger partial charge in [0.15, 0.2) is 5.78 Å². The second-order valence-electron chi connectivity index (χ2n) is 10.6. The van der Waals surface area contributed by atoms with Gasteiger partial charge in [-0.1, -0.05) is 31.1 Å². The molecule has 0 bridgehead atoms. The lowest BCUT2D eigenvalue weighted by Crippen LogP contribution is -2.62. The zero-order valence-corrected chi connectivity index (χ0v) is 19.7. The largest absolute Gasteiger partial charge is 0.481 e. The van der Waals surface area contributed by atoms with Crippen LogP contribution in [0.3, 0.4) is 0 Å². The number of hydrogen-bond acceptors (Lipinski definition) is 4. The van der Waals surface area contributed by atoms with E-state index in [1.54, 1.807) is 0 Å². The van der Waals surface area contributed by atoms with Gasteiger partial charge in [-0.05, 0) is 69.5 Å². The van der Waals surface area contributed by atoms with Crippen LogP contribution in [0.4, 0.5) is 0 Å². The van der Waals surface area contributed by atoms with E-state index in [4.69, 9.17) is 21.3 Å². The van der Waals surface area contributed by atoms with E-state index in [1.165, 1.54) is 11.1 Å². The highest BCUT2D eigenvalue weighted by Crippen LogP contribution is 2.66. The van der Waals surface area contributed by atoms with Gasteiger partial charge < -0.3 is 9.53 Å². The third-order valence-electron chi connectivity index (χ3n) is 8.89. The maximum Gasteiger partial charge on any atom is 0.282 e. The molecular formula is C23H32ClNO3Si. The number of allylic oxidation sites excluding steroid dienone is 4. The summed E-state index contributed by atoms with van der Waals surface area (Å²) in [6.45, 7) is 8.35. The van der Waals surface area contributed by atoms with Crippen LogP contribution >= 0.6 is 11.6 Å². The van der Waals surface area contributed by atoms with Crippen molar-refractivity contribution in [2.75, 3.05) is 0 Å². The van der Waals surface area contributed by atoms with Crippen molar-refractivity contribution in [1.29, 1.82) is 5.26 Å². The molecule has 1 N–H and O–H groups in total. The third kappa shape index (κ3) is 2.82. The first-order chi connectivity index (χ1) is 13.5. The molecule has 0 saturated heterocycles. The SMILES string of the molecule is C[C@]12CCC(=O)C=C1CCC1C2=CC[C@@]2(C)C1CC[C@@]2(O)[C@@H](Cl)[Si](C)(C)OC#N. The minimum atomic E-state index is -2.57. The third-order valence-corrected chi connectivity index (χ3v) is 13.1. The Labute approximate surface area is 180 Å². The molecule has 0 aromatic heterocycles. The minimum absolute atomic E-state index is 0.00281. The molecule has 4 aliphatic carbocycles. The summed E-state index contributed by atoms with van der Waals surface area (Å²) < 4.78 is 5.39. The fraction of sp³-hybridized carbons (Fsp3) is 0.739. The van der Waals surface area contributed by atoms with Gasteiger partial charge in [0.25, 0.3) is 14.6 Å². The summed E-state index contributed by atoms with van der Waals surface area (Å²) in [7, 11) is -2.57. The van der Waals surface area contributed by atoms with Crippen molar-refractivity contribution in [2.45, 2.75) is 82.5 Å². The molecule has 0 amide bonds. The van der Waals surface area contributed by atoms with Crippen LogP contribution in [0, 0.1) is 34.2 Å². The molecule has 0 heterocycles. The summed E-state index contributed by atoms with van der Waals surface area (Å²) in [6.07, 6.45) is 12.0. The lowest BCUT2D eigenvalue weighted by Gasteiger charge is -2.56. The number of rotatable bonds is 3. The molecule has 0 aliphatic heterocycles. The van der Waals surface area contributed by atoms with Gasteiger partial charge in [-0.3, -0.25) is 4.79 Å². The lowest BCUT2D eigenvalue weighted by molar-refractivity contribution is -0.115. The summed E-state index contributed by atoms with van der Waals surface area (Å²) in [6, 6.07) is 0. The average Bonchev–Trinajstić information content (AvgIpc) is 2.94. The van der Waals surface area contributed by atoms with Gasteiger partial charge in [0.2, 0.25) is 0 Å². The van der Waals surface area contributed by atoms with E-state index in [-0.39, 0.29) is 16.6 Å². The Hall–Kier alpha value is -1.09. The van der Waals surface area contributed by atoms with E-state index in [2.05, 4.69) is 19.9 Å². The van der Waals surface area contributed by atoms with Gasteiger partial charge in [-0.2, -0.15) is 5.26 Å². The quantitative estimate of drug-likeness (QED) is 0.293. The van der Waals surface area contributed by atoms with Gasteiger partial charge in [0.1, 0.15) is 0 Å². The summed E-state index contributed by atoms with van der Waals surface area (Å²) in [5.74, 6) is 1.07. The molecule has 158 valence electrons. The number of nitrogens with zero attached hydrogens (tertiary/aromatic N) is 1. The Morgan fingerprint density at radius 2 is 2.03 bits per heavy atom. The highest BCUT2D eigenvalue weighted by molar-refractivity contribution is 6.80. The van der Waals surface area contributed by atoms with E-state index in [0.29, 0.717) is 24.7 Å². The van der Waals surface area contributed by atoms with Crippen LogP contribution in [0.5, 0.6) is 0 Å². The number of hydrogen-bond donors (Lipinski definition) is 1. The second kappa shape index (κ2) is 6.70. The molecule has 0 aromatic rings. The molecule has 4 nitrogen and oxygen atoms in total. The predicted molar refractivity (Wildman–Crippen MR) is 115 cm³/mol. The van der Waals surface area contributed by atoms with Crippen LogP contribution in [-0.2, 0) is 9.22 Å². The fourth-order valence-electron chi connectivity index (χ4n) is 7.06. The van der Waals surface area contributed by atoms with Crippen LogP contribution in [0.2, 0.25) is 13.1 Å². The lowest BCUT2D eigenvalue weighted by atomic mass is 9.51. The van der Waals surface area contributed by atoms with Crippen LogP contribution in [-0.4, -0.2) is 29.8 Å². The molecular weight excluding hydrogens is 402 g/mol. The molecule has 29 heavy (non-hydrogen) atoms. The highest BCUT2D eigenvalue weighted by Gasteiger charge is 2.66. The van der Waals surface area contributed by atoms with Crippen molar-refractivity contribution >= 4 is 25.7 Å². The van der Waals surface area contributed by atoms with E-state index in [1.807, 2.05) is 25.4 Å². The number of nitriles is 1. The first-order valence-corrected chi connectivity index (χ1v) is 14.3. The van der Waals surface area contributed by atoms with Gasteiger partial charge in [-0.15, -0.1) is 11.6 Å². The van der Waals surface area contributed by atoms with E-state index < -0.39 is 18.9 Å². The molecule has 4 aliphatic rings. The molecule has 6 heteroatoms. The van der Waals surface area contributed by atoms with Gasteiger partial charge in [-0.25, -0.2) is 0 Å². The number of alkyl halides is 1. The summed E-state index contributed by atoms with van der Waals surface area (Å²) >= 11 is 6.91. The van der Waals surface area contributed by atoms with Crippen molar-refractivity contribution in [3.8, 4) is 6.26 Å². The number of halogens is 1. The Bertz CT molecular complexity index is 846. The van der Waals surface area contributed by atoms with Gasteiger partial charge in [0, 0.05) is 17.3 Å². The Morgan fingerprint density at radius 1 is 1.31 bits per heavy atom. The predicted octanol–water partition coefficient (Wildman–Crippen LogP) is 5.02. The van der Waals surface area contributed by atoms with Crippen molar-refractivity contribution in [3.63, 3.8) is 0 Å². The summed E-state index contributed by atoms with van der Waals surface area (Å²) in [4.78, 5) is 12.0. The first kappa shape index (κ1) is 21.2. The van der Waals surface area contributed by atoms with Crippen LogP contribution in [0.1, 0.15) is 58.8 Å². The molecule has 0 spiro atoms. The number of carbonyl (C=O) groups excluding carboxylic acids is 1. The molecule has 2 saturated carbocycles. The van der Waals surface area contributed by atoms with Crippen molar-refractivity contribution < 1.29 is 14.3 Å². The zero-order valence-electron chi connectivity index (χ0n) is 17.9. The van der Waals surface area contributed by atoms with Gasteiger partial charge in [0.05, 0.1) is 10.6 Å². The Balaban J connectivity index is 1.71. The zero-order chi connectivity index (χ0) is 21.2. The van der Waals surface area contributed by atoms with E-state index in [9.17, 15) is 9.90 Å². The molecule has 0 aromatic carbocycles. The maximum atomic E-state index is 12.0. The monoisotopic (exact) mass is 433 g/mol. The molecule has 4 rings (SSSR count). The van der Waals surface area contributed by atoms with E-state index in [0.717, 1.165) is 32.1 Å². The second-order valence-corrected chi connectivity index (χ2v) is 15.4. The topological polar surface area (TPSA) is 70.3 Å². The first-order valence-electron chi connectivity index (χ1n) is 10.9. The summed E-state index contributed by atoms with van der Waals surface area (Å²) in [5.41, 5.74) is 1.44. The number of fused-ring (bicyclic) bond motifs is 5. The van der Waals surface area contributed by atoms with Crippen LogP contribution in [0.25, 0.3) is 0 Å². The van der Waals surface area contributed by atoms with Crippen molar-refractivity contribution in [3.05, 3.63) is 23.3 Å². The fourth-order valence-corrected chi connectivity index (χ4v) is 9.52. The van der Waals surface area contributed by atoms with Crippen LogP contribution in [0.15, 0.2) is 23.3 Å². The minimum Gasteiger partial charge on any atom is -0.481 e. The molecule has 2 unspecified atom stereocenters. The standard InChI is InChI=1S/C23H32ClNO3Si/c1-21-10-7-16(26)13-15(21)5-6-17-18(21)8-11-22(2)19(17)9-12-23(22,27)20(24)29(3,4)28-14-25/h8,13,17,19-20,27H,5-7,9-12H2,1-4H3/t17?,19?,20-,21-,22-,23+/m0/s1. The van der Waals surface area contributed by atoms with Crippen molar-refractivity contribution in [1.82, 2.24) is 0 Å². The number of ketones is 1. The Kier molecular flexibility index (Phi) is 4.89. The average molecular weight is 434 g/mol. The smallest absolute Gasteiger partial charge is 0.282 e. The molecule has 6 atom stereocenters. The van der Waals surface area contributed by atoms with Gasteiger partial charge >= 0.3 is 0 Å². The molecule has 2 fully saturated rings. The Morgan fingerprint density at radius 3 is 2.72 bits per heavy atom. The summed E-state index contributed by atoms with van der Waals surface area (Å²) in [5, 5.41) is 20.5. The maximum absolute atomic E-state index is 12.0. The van der Waals surface area contributed by atoms with Crippen molar-refractivity contribution in [2.24, 2.45) is 22.7 Å². The highest BCUT2D eigenvalue weighted by atomic mass is 35.5. The molecule has 0 radical (unpaired) electrons. The van der Waals surface area contributed by atoms with E-state index >= 15 is 0 Å². The normalized spacial score (nSPS) is 42.6.